The van der Waals surface area contributed by atoms with Gasteiger partial charge in [0, 0.05) is 16.1 Å². The summed E-state index contributed by atoms with van der Waals surface area (Å²) in [6.45, 7) is 0. The largest absolute Gasteiger partial charge is 0.497 e. The maximum absolute atomic E-state index is 6.28. The van der Waals surface area contributed by atoms with Crippen molar-refractivity contribution in [3.05, 3.63) is 63.6 Å². The molecule has 0 fully saturated rings. The Bertz CT molecular complexity index is 584. The quantitative estimate of drug-likeness (QED) is 0.816. The molecule has 0 aliphatic carbocycles. The molecule has 0 heterocycles. The smallest absolute Gasteiger partial charge is 0.118 e. The average molecular weight is 324 g/mol. The number of aryl methyl sites for hydroxylation is 1. The summed E-state index contributed by atoms with van der Waals surface area (Å²) in [6, 6.07) is 14.0. The van der Waals surface area contributed by atoms with E-state index < -0.39 is 0 Å². The molecule has 2 aromatic rings. The fraction of sp³-hybridized carbons (Fsp3) is 0.294. The molecule has 0 spiro atoms. The number of methoxy groups -OCH3 is 1. The number of halogens is 2. The van der Waals surface area contributed by atoms with Crippen molar-refractivity contribution in [2.75, 3.05) is 14.2 Å². The van der Waals surface area contributed by atoms with Crippen LogP contribution in [0, 0.1) is 0 Å². The van der Waals surface area contributed by atoms with E-state index in [0.717, 1.165) is 24.2 Å². The van der Waals surface area contributed by atoms with Gasteiger partial charge in [0.1, 0.15) is 5.75 Å². The highest BCUT2D eigenvalue weighted by molar-refractivity contribution is 6.35. The van der Waals surface area contributed by atoms with Crippen LogP contribution in [0.4, 0.5) is 0 Å². The lowest BCUT2D eigenvalue weighted by atomic mass is 9.99. The number of nitrogens with one attached hydrogen (secondary N) is 1. The summed E-state index contributed by atoms with van der Waals surface area (Å²) in [7, 11) is 3.62. The predicted molar refractivity (Wildman–Crippen MR) is 89.6 cm³/mol. The minimum Gasteiger partial charge on any atom is -0.497 e. The van der Waals surface area contributed by atoms with Gasteiger partial charge in [-0.25, -0.2) is 0 Å². The Morgan fingerprint density at radius 3 is 2.38 bits per heavy atom. The van der Waals surface area contributed by atoms with Crippen LogP contribution in [0.2, 0.25) is 10.0 Å². The zero-order chi connectivity index (χ0) is 15.2. The second-order valence-corrected chi connectivity index (χ2v) is 5.74. The van der Waals surface area contributed by atoms with Gasteiger partial charge in [0.05, 0.1) is 7.11 Å². The third kappa shape index (κ3) is 4.37. The standard InChI is InChI=1S/C17H19Cl2NO/c1-20-17(15-9-6-13(18)11-16(15)19)10-5-12-3-7-14(21-2)8-4-12/h3-4,6-9,11,17,20H,5,10H2,1-2H3. The van der Waals surface area contributed by atoms with Gasteiger partial charge in [-0.05, 0) is 55.3 Å². The summed E-state index contributed by atoms with van der Waals surface area (Å²) in [6.07, 6.45) is 1.93. The summed E-state index contributed by atoms with van der Waals surface area (Å²) in [5, 5.41) is 4.69. The second-order valence-electron chi connectivity index (χ2n) is 4.89. The molecule has 0 radical (unpaired) electrons. The molecule has 1 atom stereocenters. The Hall–Kier alpha value is -1.22. The minimum atomic E-state index is 0.205. The van der Waals surface area contributed by atoms with Crippen LogP contribution in [-0.2, 0) is 6.42 Å². The molecule has 0 bridgehead atoms. The highest BCUT2D eigenvalue weighted by Gasteiger charge is 2.13. The average Bonchev–Trinajstić information content (AvgIpc) is 2.50. The Balaban J connectivity index is 2.04. The normalized spacial score (nSPS) is 12.2. The summed E-state index contributed by atoms with van der Waals surface area (Å²) in [5.74, 6) is 0.879. The van der Waals surface area contributed by atoms with Gasteiger partial charge >= 0.3 is 0 Å². The van der Waals surface area contributed by atoms with Gasteiger partial charge in [-0.2, -0.15) is 0 Å². The molecule has 0 saturated carbocycles. The predicted octanol–water partition coefficient (Wildman–Crippen LogP) is 4.90. The first kappa shape index (κ1) is 16.2. The van der Waals surface area contributed by atoms with E-state index in [-0.39, 0.29) is 6.04 Å². The fourth-order valence-corrected chi connectivity index (χ4v) is 2.88. The van der Waals surface area contributed by atoms with Gasteiger partial charge < -0.3 is 10.1 Å². The van der Waals surface area contributed by atoms with Crippen LogP contribution in [0.25, 0.3) is 0 Å². The number of rotatable bonds is 6. The van der Waals surface area contributed by atoms with Crippen LogP contribution in [0.3, 0.4) is 0 Å². The van der Waals surface area contributed by atoms with Crippen molar-refractivity contribution in [1.82, 2.24) is 5.32 Å². The van der Waals surface area contributed by atoms with Gasteiger partial charge in [0.25, 0.3) is 0 Å². The van der Waals surface area contributed by atoms with E-state index in [9.17, 15) is 0 Å². The zero-order valence-corrected chi connectivity index (χ0v) is 13.7. The van der Waals surface area contributed by atoms with Crippen molar-refractivity contribution in [2.24, 2.45) is 0 Å². The lowest BCUT2D eigenvalue weighted by molar-refractivity contribution is 0.414. The molecule has 4 heteroatoms. The van der Waals surface area contributed by atoms with Crippen LogP contribution in [0.5, 0.6) is 5.75 Å². The van der Waals surface area contributed by atoms with Gasteiger partial charge in [-0.3, -0.25) is 0 Å². The maximum atomic E-state index is 6.28. The first-order chi connectivity index (χ1) is 10.1. The van der Waals surface area contributed by atoms with Crippen molar-refractivity contribution in [3.63, 3.8) is 0 Å². The van der Waals surface area contributed by atoms with E-state index in [1.165, 1.54) is 5.56 Å². The minimum absolute atomic E-state index is 0.205. The molecule has 1 N–H and O–H groups in total. The molecular formula is C17H19Cl2NO. The Morgan fingerprint density at radius 1 is 1.10 bits per heavy atom. The lowest BCUT2D eigenvalue weighted by Crippen LogP contribution is -2.17. The van der Waals surface area contributed by atoms with Crippen molar-refractivity contribution in [3.8, 4) is 5.75 Å². The summed E-state index contributed by atoms with van der Waals surface area (Å²) in [5.41, 5.74) is 2.36. The summed E-state index contributed by atoms with van der Waals surface area (Å²) >= 11 is 12.2. The number of ether oxygens (including phenoxy) is 1. The van der Waals surface area contributed by atoms with Crippen LogP contribution >= 0.6 is 23.2 Å². The first-order valence-electron chi connectivity index (χ1n) is 6.89. The van der Waals surface area contributed by atoms with E-state index in [4.69, 9.17) is 27.9 Å². The molecule has 0 saturated heterocycles. The Morgan fingerprint density at radius 2 is 1.81 bits per heavy atom. The van der Waals surface area contributed by atoms with Crippen LogP contribution in [0.1, 0.15) is 23.6 Å². The van der Waals surface area contributed by atoms with E-state index >= 15 is 0 Å². The first-order valence-corrected chi connectivity index (χ1v) is 7.64. The summed E-state index contributed by atoms with van der Waals surface area (Å²) < 4.78 is 5.17. The molecule has 1 unspecified atom stereocenters. The zero-order valence-electron chi connectivity index (χ0n) is 12.2. The van der Waals surface area contributed by atoms with E-state index in [1.807, 2.05) is 31.3 Å². The molecule has 2 nitrogen and oxygen atoms in total. The van der Waals surface area contributed by atoms with Gasteiger partial charge in [0.15, 0.2) is 0 Å². The van der Waals surface area contributed by atoms with Gasteiger partial charge in [0.2, 0.25) is 0 Å². The Kier molecular flexibility index (Phi) is 5.92. The molecule has 0 amide bonds. The van der Waals surface area contributed by atoms with Crippen molar-refractivity contribution in [1.29, 1.82) is 0 Å². The third-order valence-electron chi connectivity index (χ3n) is 3.57. The maximum Gasteiger partial charge on any atom is 0.118 e. The summed E-state index contributed by atoms with van der Waals surface area (Å²) in [4.78, 5) is 0. The van der Waals surface area contributed by atoms with E-state index in [1.54, 1.807) is 13.2 Å². The highest BCUT2D eigenvalue weighted by atomic mass is 35.5. The molecule has 0 aromatic heterocycles. The topological polar surface area (TPSA) is 21.3 Å². The van der Waals surface area contributed by atoms with Gasteiger partial charge in [-0.1, -0.05) is 41.4 Å². The number of hydrogen-bond donors (Lipinski definition) is 1. The third-order valence-corrected chi connectivity index (χ3v) is 4.13. The molecule has 0 aliphatic heterocycles. The molecule has 2 rings (SSSR count). The van der Waals surface area contributed by atoms with E-state index in [2.05, 4.69) is 17.4 Å². The number of hydrogen-bond acceptors (Lipinski definition) is 2. The second kappa shape index (κ2) is 7.69. The molecular weight excluding hydrogens is 305 g/mol. The van der Waals surface area contributed by atoms with Crippen LogP contribution < -0.4 is 10.1 Å². The van der Waals surface area contributed by atoms with Crippen LogP contribution in [0.15, 0.2) is 42.5 Å². The van der Waals surface area contributed by atoms with E-state index in [0.29, 0.717) is 10.0 Å². The lowest BCUT2D eigenvalue weighted by Gasteiger charge is -2.18. The molecule has 2 aromatic carbocycles. The number of benzene rings is 2. The molecule has 112 valence electrons. The van der Waals surface area contributed by atoms with Crippen molar-refractivity contribution in [2.45, 2.75) is 18.9 Å². The monoisotopic (exact) mass is 323 g/mol. The van der Waals surface area contributed by atoms with Gasteiger partial charge in [-0.15, -0.1) is 0 Å². The van der Waals surface area contributed by atoms with Crippen molar-refractivity contribution < 1.29 is 4.74 Å². The highest BCUT2D eigenvalue weighted by Crippen LogP contribution is 2.29. The Labute approximate surface area is 136 Å². The fourth-order valence-electron chi connectivity index (χ4n) is 2.34. The SMILES string of the molecule is CNC(CCc1ccc(OC)cc1)c1ccc(Cl)cc1Cl. The van der Waals surface area contributed by atoms with Crippen molar-refractivity contribution >= 4 is 23.2 Å². The van der Waals surface area contributed by atoms with Crippen LogP contribution in [-0.4, -0.2) is 14.2 Å². The molecule has 21 heavy (non-hydrogen) atoms. The molecule has 0 aliphatic rings.